The normalized spacial score (nSPS) is 16.3. The highest BCUT2D eigenvalue weighted by atomic mass is 32.1. The Balaban J connectivity index is 1.54. The molecule has 3 aromatic rings. The maximum absolute atomic E-state index is 5.94. The third kappa shape index (κ3) is 3.15. The maximum atomic E-state index is 5.94. The second-order valence-corrected chi connectivity index (χ2v) is 7.41. The first-order chi connectivity index (χ1) is 11.8. The Morgan fingerprint density at radius 2 is 2.21 bits per heavy atom. The van der Waals surface area contributed by atoms with Crippen LogP contribution in [0.25, 0.3) is 10.4 Å². The van der Waals surface area contributed by atoms with Crippen LogP contribution in [0, 0.1) is 6.92 Å². The molecule has 122 valence electrons. The quantitative estimate of drug-likeness (QED) is 0.720. The van der Waals surface area contributed by atoms with E-state index < -0.39 is 0 Å². The first kappa shape index (κ1) is 15.2. The van der Waals surface area contributed by atoms with E-state index in [0.717, 1.165) is 31.0 Å². The zero-order valence-corrected chi connectivity index (χ0v) is 14.5. The lowest BCUT2D eigenvalue weighted by Gasteiger charge is -2.27. The van der Waals surface area contributed by atoms with Gasteiger partial charge in [0.05, 0.1) is 12.3 Å². The highest BCUT2D eigenvalue weighted by Crippen LogP contribution is 2.38. The van der Waals surface area contributed by atoms with Crippen molar-refractivity contribution in [3.63, 3.8) is 0 Å². The third-order valence-corrected chi connectivity index (χ3v) is 5.47. The molecule has 0 saturated heterocycles. The highest BCUT2D eigenvalue weighted by Gasteiger charge is 2.22. The molecular weight excluding hydrogens is 316 g/mol. The Morgan fingerprint density at radius 3 is 3.00 bits per heavy atom. The van der Waals surface area contributed by atoms with Crippen molar-refractivity contribution in [2.24, 2.45) is 0 Å². The molecule has 0 amide bonds. The van der Waals surface area contributed by atoms with Crippen molar-refractivity contribution >= 4 is 17.0 Å². The van der Waals surface area contributed by atoms with E-state index in [-0.39, 0.29) is 0 Å². The van der Waals surface area contributed by atoms with Crippen LogP contribution in [0.4, 0.5) is 5.69 Å². The largest absolute Gasteiger partial charge is 0.493 e. The number of aryl methyl sites for hydroxylation is 1. The van der Waals surface area contributed by atoms with E-state index >= 15 is 0 Å². The van der Waals surface area contributed by atoms with Gasteiger partial charge in [0.2, 0.25) is 0 Å². The van der Waals surface area contributed by atoms with Crippen molar-refractivity contribution in [3.8, 4) is 16.2 Å². The Morgan fingerprint density at radius 1 is 1.25 bits per heavy atom. The average Bonchev–Trinajstić information content (AvgIpc) is 3.07. The Kier molecular flexibility index (Phi) is 4.22. The van der Waals surface area contributed by atoms with Gasteiger partial charge in [-0.25, -0.2) is 0 Å². The van der Waals surface area contributed by atoms with Crippen LogP contribution in [0.3, 0.4) is 0 Å². The van der Waals surface area contributed by atoms with E-state index in [1.54, 1.807) is 6.20 Å². The van der Waals surface area contributed by atoms with Crippen molar-refractivity contribution < 1.29 is 4.74 Å². The zero-order valence-electron chi connectivity index (χ0n) is 13.7. The molecule has 0 spiro atoms. The zero-order chi connectivity index (χ0) is 16.4. The summed E-state index contributed by atoms with van der Waals surface area (Å²) in [7, 11) is 0. The molecule has 1 aromatic carbocycles. The lowest BCUT2D eigenvalue weighted by atomic mass is 9.92. The second-order valence-electron chi connectivity index (χ2n) is 6.12. The predicted molar refractivity (Wildman–Crippen MR) is 100 cm³/mol. The van der Waals surface area contributed by atoms with Gasteiger partial charge >= 0.3 is 0 Å². The molecule has 1 N–H and O–H groups in total. The van der Waals surface area contributed by atoms with Crippen molar-refractivity contribution in [1.82, 2.24) is 4.98 Å². The number of rotatable bonds is 4. The Bertz CT molecular complexity index is 829. The van der Waals surface area contributed by atoms with Gasteiger partial charge in [0.15, 0.2) is 0 Å². The SMILES string of the molecule is Cc1ccc(-c2ccc3c(c2)OCCC3CNc2cccnc2)s1. The number of pyridine rings is 1. The van der Waals surface area contributed by atoms with E-state index in [2.05, 4.69) is 53.6 Å². The minimum atomic E-state index is 0.466. The van der Waals surface area contributed by atoms with Gasteiger partial charge in [-0.3, -0.25) is 4.98 Å². The number of hydrogen-bond acceptors (Lipinski definition) is 4. The summed E-state index contributed by atoms with van der Waals surface area (Å²) in [5.41, 5.74) is 3.61. The van der Waals surface area contributed by atoms with Gasteiger partial charge in [0.25, 0.3) is 0 Å². The summed E-state index contributed by atoms with van der Waals surface area (Å²) in [4.78, 5) is 6.79. The molecule has 3 heterocycles. The molecule has 0 fully saturated rings. The Labute approximate surface area is 146 Å². The number of aromatic nitrogens is 1. The molecule has 2 aromatic heterocycles. The number of anilines is 1. The smallest absolute Gasteiger partial charge is 0.123 e. The first-order valence-electron chi connectivity index (χ1n) is 8.27. The topological polar surface area (TPSA) is 34.1 Å². The van der Waals surface area contributed by atoms with Crippen molar-refractivity contribution in [1.29, 1.82) is 0 Å². The minimum Gasteiger partial charge on any atom is -0.493 e. The van der Waals surface area contributed by atoms with E-state index in [4.69, 9.17) is 4.74 Å². The monoisotopic (exact) mass is 336 g/mol. The summed E-state index contributed by atoms with van der Waals surface area (Å²) in [6.07, 6.45) is 4.70. The lowest BCUT2D eigenvalue weighted by Crippen LogP contribution is -2.20. The van der Waals surface area contributed by atoms with Crippen LogP contribution in [-0.4, -0.2) is 18.1 Å². The molecule has 1 aliphatic heterocycles. The number of ether oxygens (including phenoxy) is 1. The fourth-order valence-electron chi connectivity index (χ4n) is 3.13. The van der Waals surface area contributed by atoms with Crippen LogP contribution < -0.4 is 10.1 Å². The van der Waals surface area contributed by atoms with E-state index in [0.29, 0.717) is 5.92 Å². The number of nitrogens with one attached hydrogen (secondary N) is 1. The van der Waals surface area contributed by atoms with Crippen molar-refractivity contribution in [2.45, 2.75) is 19.3 Å². The molecule has 0 bridgehead atoms. The highest BCUT2D eigenvalue weighted by molar-refractivity contribution is 7.15. The van der Waals surface area contributed by atoms with E-state index in [1.807, 2.05) is 23.6 Å². The molecule has 24 heavy (non-hydrogen) atoms. The first-order valence-corrected chi connectivity index (χ1v) is 9.09. The molecule has 4 rings (SSSR count). The van der Waals surface area contributed by atoms with Gasteiger partial charge in [-0.1, -0.05) is 12.1 Å². The fraction of sp³-hybridized carbons (Fsp3) is 0.250. The second kappa shape index (κ2) is 6.65. The molecule has 0 radical (unpaired) electrons. The van der Waals surface area contributed by atoms with Gasteiger partial charge < -0.3 is 10.1 Å². The predicted octanol–water partition coefficient (Wildman–Crippen LogP) is 5.10. The lowest BCUT2D eigenvalue weighted by molar-refractivity contribution is 0.270. The van der Waals surface area contributed by atoms with Crippen LogP contribution in [0.5, 0.6) is 5.75 Å². The standard InChI is InChI=1S/C20H20N2OS/c1-14-4-7-20(24-14)15-5-6-18-16(8-10-23-19(18)11-15)12-22-17-3-2-9-21-13-17/h2-7,9,11,13,16,22H,8,10,12H2,1H3. The number of nitrogens with zero attached hydrogens (tertiary/aromatic N) is 1. The van der Waals surface area contributed by atoms with Crippen LogP contribution in [-0.2, 0) is 0 Å². The molecular formula is C20H20N2OS. The molecule has 3 nitrogen and oxygen atoms in total. The number of benzene rings is 1. The van der Waals surface area contributed by atoms with Crippen LogP contribution in [0.15, 0.2) is 54.9 Å². The minimum absolute atomic E-state index is 0.466. The van der Waals surface area contributed by atoms with E-state index in [9.17, 15) is 0 Å². The summed E-state index contributed by atoms with van der Waals surface area (Å²) < 4.78 is 5.94. The molecule has 1 unspecified atom stereocenters. The molecule has 1 aliphatic rings. The molecule has 4 heteroatoms. The third-order valence-electron chi connectivity index (χ3n) is 4.42. The summed E-state index contributed by atoms with van der Waals surface area (Å²) in [5.74, 6) is 1.50. The van der Waals surface area contributed by atoms with Gasteiger partial charge in [-0.15, -0.1) is 11.3 Å². The van der Waals surface area contributed by atoms with E-state index in [1.165, 1.54) is 20.9 Å². The van der Waals surface area contributed by atoms with Crippen LogP contribution in [0.2, 0.25) is 0 Å². The summed E-state index contributed by atoms with van der Waals surface area (Å²) in [6, 6.07) is 15.0. The summed E-state index contributed by atoms with van der Waals surface area (Å²) in [5, 5.41) is 3.49. The van der Waals surface area contributed by atoms with Crippen LogP contribution >= 0.6 is 11.3 Å². The molecule has 1 atom stereocenters. The number of hydrogen-bond donors (Lipinski definition) is 1. The maximum Gasteiger partial charge on any atom is 0.123 e. The molecule has 0 saturated carbocycles. The Hall–Kier alpha value is -2.33. The van der Waals surface area contributed by atoms with Crippen molar-refractivity contribution in [2.75, 3.05) is 18.5 Å². The van der Waals surface area contributed by atoms with Gasteiger partial charge in [0, 0.05) is 34.6 Å². The van der Waals surface area contributed by atoms with Crippen molar-refractivity contribution in [3.05, 3.63) is 65.3 Å². The summed E-state index contributed by atoms with van der Waals surface area (Å²) in [6.45, 7) is 3.82. The number of thiophene rings is 1. The number of fused-ring (bicyclic) bond motifs is 1. The van der Waals surface area contributed by atoms with Gasteiger partial charge in [-0.05, 0) is 54.8 Å². The molecule has 0 aliphatic carbocycles. The fourth-order valence-corrected chi connectivity index (χ4v) is 3.99. The summed E-state index contributed by atoms with van der Waals surface area (Å²) >= 11 is 1.82. The van der Waals surface area contributed by atoms with Gasteiger partial charge in [-0.2, -0.15) is 0 Å². The van der Waals surface area contributed by atoms with Gasteiger partial charge in [0.1, 0.15) is 5.75 Å². The average molecular weight is 336 g/mol. The van der Waals surface area contributed by atoms with Crippen LogP contribution in [0.1, 0.15) is 22.8 Å².